The second-order valence-corrected chi connectivity index (χ2v) is 10.9. The van der Waals surface area contributed by atoms with Crippen LogP contribution in [-0.4, -0.2) is 49.9 Å². The normalized spacial score (nSPS) is 10.3. The molecule has 0 atom stereocenters. The molecule has 2 aromatic rings. The Kier molecular flexibility index (Phi) is 15.7. The lowest BCUT2D eigenvalue weighted by Crippen LogP contribution is -2.43. The summed E-state index contributed by atoms with van der Waals surface area (Å²) in [5.41, 5.74) is 1.42. The van der Waals surface area contributed by atoms with Gasteiger partial charge in [-0.2, -0.15) is 8.42 Å². The third-order valence-electron chi connectivity index (χ3n) is 4.43. The van der Waals surface area contributed by atoms with Gasteiger partial charge in [0, 0.05) is 34.5 Å². The molecule has 0 aromatic heterocycles. The first-order chi connectivity index (χ1) is 18.3. The maximum atomic E-state index is 9.05. The average Bonchev–Trinajstić information content (AvgIpc) is 2.82. The van der Waals surface area contributed by atoms with E-state index in [1.165, 1.54) is 0 Å². The second kappa shape index (κ2) is 18.1. The van der Waals surface area contributed by atoms with Crippen molar-refractivity contribution in [3.05, 3.63) is 58.6 Å². The number of halogens is 2. The lowest BCUT2D eigenvalue weighted by Gasteiger charge is -2.13. The van der Waals surface area contributed by atoms with Gasteiger partial charge in [0.25, 0.3) is 0 Å². The maximum absolute atomic E-state index is 9.05. The predicted molar refractivity (Wildman–Crippen MR) is 162 cm³/mol. The third-order valence-corrected chi connectivity index (χ3v) is 4.94. The number of guanidine groups is 4. The molecular weight excluding hydrogens is 587 g/mol. The van der Waals surface area contributed by atoms with Crippen LogP contribution < -0.4 is 31.9 Å². The molecule has 0 unspecified atom stereocenters. The zero-order valence-electron chi connectivity index (χ0n) is 20.7. The molecule has 0 spiro atoms. The number of benzene rings is 2. The Morgan fingerprint density at radius 2 is 0.974 bits per heavy atom. The summed E-state index contributed by atoms with van der Waals surface area (Å²) < 4.78 is 25.5. The molecular formula is C22H32Cl2N10O3S2. The Balaban J connectivity index is 0.00000139. The van der Waals surface area contributed by atoms with E-state index in [9.17, 15) is 0 Å². The van der Waals surface area contributed by atoms with E-state index < -0.39 is 9.15 Å². The number of thiol groups is 1. The van der Waals surface area contributed by atoms with Crippen LogP contribution >= 0.6 is 34.9 Å². The first-order valence-electron chi connectivity index (χ1n) is 11.4. The van der Waals surface area contributed by atoms with Crippen molar-refractivity contribution in [3.63, 3.8) is 0 Å². The van der Waals surface area contributed by atoms with Gasteiger partial charge in [-0.3, -0.25) is 36.8 Å². The van der Waals surface area contributed by atoms with Gasteiger partial charge in [-0.25, -0.2) is 0 Å². The third kappa shape index (κ3) is 19.5. The van der Waals surface area contributed by atoms with E-state index in [-0.39, 0.29) is 23.8 Å². The molecule has 0 saturated heterocycles. The Labute approximate surface area is 242 Å². The van der Waals surface area contributed by atoms with Crippen molar-refractivity contribution in [2.24, 2.45) is 0 Å². The van der Waals surface area contributed by atoms with Crippen LogP contribution in [0.5, 0.6) is 0 Å². The van der Waals surface area contributed by atoms with Crippen LogP contribution in [0, 0.1) is 21.6 Å². The topological polar surface area (TPSA) is 222 Å². The van der Waals surface area contributed by atoms with Crippen LogP contribution in [0.4, 0.5) is 11.4 Å². The van der Waals surface area contributed by atoms with Gasteiger partial charge in [0.15, 0.2) is 23.8 Å². The van der Waals surface area contributed by atoms with Gasteiger partial charge >= 0.3 is 9.15 Å². The average molecular weight is 620 g/mol. The van der Waals surface area contributed by atoms with Gasteiger partial charge in [-0.15, -0.1) is 0 Å². The number of hydrogen-bond acceptors (Lipinski definition) is 6. The van der Waals surface area contributed by atoms with Crippen molar-refractivity contribution in [1.82, 2.24) is 21.3 Å². The molecule has 11 N–H and O–H groups in total. The van der Waals surface area contributed by atoms with Crippen molar-refractivity contribution in [1.29, 1.82) is 21.6 Å². The van der Waals surface area contributed by atoms with E-state index in [2.05, 4.69) is 43.6 Å². The Morgan fingerprint density at radius 1 is 0.667 bits per heavy atom. The molecule has 0 aliphatic heterocycles. The number of anilines is 2. The molecule has 0 saturated carbocycles. The molecule has 2 rings (SSSR count). The van der Waals surface area contributed by atoms with Crippen LogP contribution in [0.15, 0.2) is 48.5 Å². The largest absolute Gasteiger partial charge is 0.356 e. The molecule has 13 nitrogen and oxygen atoms in total. The minimum atomic E-state index is -3.97. The molecule has 39 heavy (non-hydrogen) atoms. The quantitative estimate of drug-likeness (QED) is 0.0488. The van der Waals surface area contributed by atoms with Crippen molar-refractivity contribution in [3.8, 4) is 0 Å². The molecule has 2 aromatic carbocycles. The zero-order chi connectivity index (χ0) is 29.3. The summed E-state index contributed by atoms with van der Waals surface area (Å²) in [4.78, 5) is 0. The van der Waals surface area contributed by atoms with E-state index >= 15 is 0 Å². The molecule has 0 bridgehead atoms. The van der Waals surface area contributed by atoms with Crippen LogP contribution in [0.2, 0.25) is 10.0 Å². The number of unbranched alkanes of at least 4 members (excludes halogenated alkanes) is 3. The second-order valence-electron chi connectivity index (χ2n) is 7.73. The number of rotatable bonds is 9. The Morgan fingerprint density at radius 3 is 1.28 bits per heavy atom. The summed E-state index contributed by atoms with van der Waals surface area (Å²) in [5.74, 6) is 0.112. The molecule has 0 heterocycles. The molecule has 0 radical (unpaired) electrons. The Bertz CT molecular complexity index is 1110. The van der Waals surface area contributed by atoms with Crippen LogP contribution in [0.25, 0.3) is 0 Å². The molecule has 17 heteroatoms. The van der Waals surface area contributed by atoms with Gasteiger partial charge in [-0.1, -0.05) is 36.0 Å². The number of nitrogens with one attached hydrogen (secondary N) is 10. The van der Waals surface area contributed by atoms with E-state index in [4.69, 9.17) is 57.8 Å². The zero-order valence-corrected chi connectivity index (χ0v) is 24.0. The fraction of sp³-hybridized carbons (Fsp3) is 0.273. The fourth-order valence-electron chi connectivity index (χ4n) is 2.79. The summed E-state index contributed by atoms with van der Waals surface area (Å²) in [6.45, 7) is 1.25. The van der Waals surface area contributed by atoms with Gasteiger partial charge < -0.3 is 21.3 Å². The minimum Gasteiger partial charge on any atom is -0.356 e. The lowest BCUT2D eigenvalue weighted by atomic mass is 10.2. The van der Waals surface area contributed by atoms with Crippen molar-refractivity contribution in [2.45, 2.75) is 25.7 Å². The summed E-state index contributed by atoms with van der Waals surface area (Å²) in [6, 6.07) is 13.9. The molecule has 0 amide bonds. The lowest BCUT2D eigenvalue weighted by molar-refractivity contribution is 0.503. The summed E-state index contributed by atoms with van der Waals surface area (Å²) >= 11 is 14.3. The molecule has 0 aliphatic rings. The fourth-order valence-corrected chi connectivity index (χ4v) is 3.04. The summed E-state index contributed by atoms with van der Waals surface area (Å²) in [5, 5.41) is 49.5. The van der Waals surface area contributed by atoms with E-state index in [0.717, 1.165) is 25.7 Å². The SMILES string of the molecule is N=C(NCCCCCCNC(=N)NC(=N)Nc1ccc(Cl)cc1)NC(=N)Nc1ccc(Cl)cc1.O=S(=O)(O)S. The highest BCUT2D eigenvalue weighted by molar-refractivity contribution is 8.61. The van der Waals surface area contributed by atoms with Gasteiger partial charge in [0.2, 0.25) is 0 Å². The smallest absolute Gasteiger partial charge is 0.316 e. The van der Waals surface area contributed by atoms with E-state index in [1.54, 1.807) is 48.5 Å². The highest BCUT2D eigenvalue weighted by Crippen LogP contribution is 2.13. The van der Waals surface area contributed by atoms with Crippen molar-refractivity contribution in [2.75, 3.05) is 23.7 Å². The maximum Gasteiger partial charge on any atom is 0.316 e. The first kappa shape index (κ1) is 33.8. The molecule has 0 fully saturated rings. The van der Waals surface area contributed by atoms with Crippen molar-refractivity contribution >= 4 is 79.2 Å². The highest BCUT2D eigenvalue weighted by atomic mass is 35.5. The van der Waals surface area contributed by atoms with Crippen LogP contribution in [0.3, 0.4) is 0 Å². The van der Waals surface area contributed by atoms with Crippen molar-refractivity contribution < 1.29 is 13.0 Å². The van der Waals surface area contributed by atoms with Crippen LogP contribution in [-0.2, 0) is 9.15 Å². The predicted octanol–water partition coefficient (Wildman–Crippen LogP) is 3.89. The Hall–Kier alpha value is -3.24. The standard InChI is InChI=1S/C22H30Cl2N10.H2O3S2/c23-15-5-9-17(10-6-15)31-21(27)33-19(25)29-13-3-1-2-4-14-30-20(26)34-22(28)32-18-11-7-16(24)8-12-18;1-5(2,3)4/h5-12H,1-4,13-14H2,(H5,25,27,29,31,33)(H5,26,28,30,32,34);(H2,1,2,3,4). The van der Waals surface area contributed by atoms with Crippen LogP contribution in [0.1, 0.15) is 25.7 Å². The monoisotopic (exact) mass is 618 g/mol. The minimum absolute atomic E-state index is 0.00148. The first-order valence-corrected chi connectivity index (χ1v) is 14.7. The van der Waals surface area contributed by atoms with E-state index in [1.807, 2.05) is 0 Å². The van der Waals surface area contributed by atoms with Gasteiger partial charge in [0.1, 0.15) is 0 Å². The molecule has 0 aliphatic carbocycles. The summed E-state index contributed by atoms with van der Waals surface area (Å²) in [6.07, 6.45) is 3.70. The van der Waals surface area contributed by atoms with Gasteiger partial charge in [0.05, 0.1) is 0 Å². The molecule has 214 valence electrons. The summed E-state index contributed by atoms with van der Waals surface area (Å²) in [7, 11) is -3.97. The number of hydrogen-bond donors (Lipinski definition) is 12. The van der Waals surface area contributed by atoms with Gasteiger partial charge in [-0.05, 0) is 73.0 Å². The van der Waals surface area contributed by atoms with E-state index in [0.29, 0.717) is 34.5 Å². The highest BCUT2D eigenvalue weighted by Gasteiger charge is 2.03.